The number of cyclic esters (lactones) is 1. The monoisotopic (exact) mass is 486 g/mol. The van der Waals surface area contributed by atoms with Crippen LogP contribution < -0.4 is 4.72 Å². The fraction of sp³-hybridized carbons (Fsp3) is 0.409. The number of halogens is 3. The molecule has 0 spiro atoms. The predicted octanol–water partition coefficient (Wildman–Crippen LogP) is 4.75. The molecule has 0 radical (unpaired) electrons. The summed E-state index contributed by atoms with van der Waals surface area (Å²) in [6.07, 6.45) is 1.56. The van der Waals surface area contributed by atoms with E-state index in [1.807, 2.05) is 0 Å². The molecule has 0 aliphatic carbocycles. The van der Waals surface area contributed by atoms with Gasteiger partial charge in [0.25, 0.3) is 0 Å². The van der Waals surface area contributed by atoms with Crippen molar-refractivity contribution in [1.29, 1.82) is 0 Å². The summed E-state index contributed by atoms with van der Waals surface area (Å²) >= 11 is 5.83. The van der Waals surface area contributed by atoms with Crippen LogP contribution in [0.2, 0.25) is 5.02 Å². The number of hydrogen-bond acceptors (Lipinski definition) is 4. The first-order valence-electron chi connectivity index (χ1n) is 10.2. The summed E-state index contributed by atoms with van der Waals surface area (Å²) in [7, 11) is -3.35. The highest BCUT2D eigenvalue weighted by Gasteiger charge is 2.43. The molecule has 0 aromatic heterocycles. The van der Waals surface area contributed by atoms with Gasteiger partial charge in [-0.05, 0) is 49.6 Å². The van der Waals surface area contributed by atoms with E-state index in [1.54, 1.807) is 25.1 Å². The summed E-state index contributed by atoms with van der Waals surface area (Å²) in [4.78, 5) is 14.4. The van der Waals surface area contributed by atoms with Crippen molar-refractivity contribution in [3.05, 3.63) is 70.2 Å². The van der Waals surface area contributed by atoms with E-state index in [0.717, 1.165) is 6.26 Å². The molecule has 1 aliphatic rings. The van der Waals surface area contributed by atoms with E-state index >= 15 is 0 Å². The van der Waals surface area contributed by atoms with Gasteiger partial charge in [-0.3, -0.25) is 0 Å². The van der Waals surface area contributed by atoms with Crippen molar-refractivity contribution in [1.82, 2.24) is 9.62 Å². The summed E-state index contributed by atoms with van der Waals surface area (Å²) in [6.45, 7) is 2.16. The second-order valence-electron chi connectivity index (χ2n) is 7.92. The van der Waals surface area contributed by atoms with Crippen LogP contribution in [0, 0.1) is 11.6 Å². The molecule has 1 heterocycles. The molecular formula is C22H25ClF2N2O4S. The number of carbonyl (C=O) groups is 1. The predicted molar refractivity (Wildman–Crippen MR) is 118 cm³/mol. The Labute approximate surface area is 191 Å². The van der Waals surface area contributed by atoms with Crippen molar-refractivity contribution in [2.24, 2.45) is 0 Å². The topological polar surface area (TPSA) is 75.7 Å². The van der Waals surface area contributed by atoms with Gasteiger partial charge in [-0.15, -0.1) is 0 Å². The van der Waals surface area contributed by atoms with Crippen LogP contribution in [0.15, 0.2) is 42.5 Å². The van der Waals surface area contributed by atoms with Gasteiger partial charge in [0, 0.05) is 30.1 Å². The first-order valence-corrected chi connectivity index (χ1v) is 12.4. The molecule has 3 rings (SSSR count). The molecule has 1 N–H and O–H groups in total. The molecule has 1 amide bonds. The zero-order valence-electron chi connectivity index (χ0n) is 17.8. The molecule has 10 heteroatoms. The zero-order valence-corrected chi connectivity index (χ0v) is 19.3. The van der Waals surface area contributed by atoms with Crippen LogP contribution in [0.4, 0.5) is 13.6 Å². The molecule has 1 aliphatic heterocycles. The molecule has 1 saturated heterocycles. The third-order valence-electron chi connectivity index (χ3n) is 5.65. The summed E-state index contributed by atoms with van der Waals surface area (Å²) in [5.74, 6) is -0.932. The number of amides is 1. The lowest BCUT2D eigenvalue weighted by Gasteiger charge is -2.43. The van der Waals surface area contributed by atoms with Gasteiger partial charge >= 0.3 is 6.09 Å². The van der Waals surface area contributed by atoms with Crippen LogP contribution in [0.3, 0.4) is 0 Å². The van der Waals surface area contributed by atoms with E-state index in [-0.39, 0.29) is 18.1 Å². The van der Waals surface area contributed by atoms with Crippen LogP contribution in [0.25, 0.3) is 0 Å². The zero-order chi connectivity index (χ0) is 23.5. The smallest absolute Gasteiger partial charge is 0.411 e. The Bertz CT molecular complexity index is 1080. The van der Waals surface area contributed by atoms with Gasteiger partial charge in [0.1, 0.15) is 17.2 Å². The Morgan fingerprint density at radius 2 is 1.91 bits per heavy atom. The van der Waals surface area contributed by atoms with E-state index in [4.69, 9.17) is 16.3 Å². The number of benzene rings is 2. The Hall–Kier alpha value is -2.23. The largest absolute Gasteiger partial charge is 0.438 e. The lowest BCUT2D eigenvalue weighted by Crippen LogP contribution is -2.49. The van der Waals surface area contributed by atoms with Gasteiger partial charge in [-0.2, -0.15) is 0 Å². The molecule has 174 valence electrons. The molecule has 32 heavy (non-hydrogen) atoms. The fourth-order valence-corrected chi connectivity index (χ4v) is 4.61. The third-order valence-corrected chi connectivity index (χ3v) is 6.61. The van der Waals surface area contributed by atoms with Gasteiger partial charge in [0.15, 0.2) is 0 Å². The van der Waals surface area contributed by atoms with E-state index in [1.165, 1.54) is 29.2 Å². The molecule has 1 unspecified atom stereocenters. The van der Waals surface area contributed by atoms with E-state index < -0.39 is 39.4 Å². The van der Waals surface area contributed by atoms with Crippen LogP contribution in [-0.4, -0.2) is 38.8 Å². The number of ether oxygens (including phenoxy) is 1. The van der Waals surface area contributed by atoms with Crippen molar-refractivity contribution in [3.63, 3.8) is 0 Å². The summed E-state index contributed by atoms with van der Waals surface area (Å²) in [5.41, 5.74) is -0.104. The van der Waals surface area contributed by atoms with Crippen LogP contribution in [0.5, 0.6) is 0 Å². The first-order chi connectivity index (χ1) is 15.0. The normalized spacial score (nSPS) is 20.2. The first kappa shape index (κ1) is 24.4. The maximum Gasteiger partial charge on any atom is 0.411 e. The van der Waals surface area contributed by atoms with Crippen molar-refractivity contribution in [2.45, 2.75) is 37.8 Å². The second kappa shape index (κ2) is 9.72. The molecule has 2 atom stereocenters. The standard InChI is InChI=1S/C22H25ClF2N2O4S/c1-15(19-9-6-17(23)14-20(19)25)27-13-11-22(31-21(27)28,10-3-12-26-32(2,29)30)16-4-7-18(24)8-5-16/h4-9,14-15,26H,3,10-13H2,1-2H3/t15-,22?/m0/s1. The molecule has 0 saturated carbocycles. The highest BCUT2D eigenvalue weighted by molar-refractivity contribution is 7.88. The third kappa shape index (κ3) is 5.76. The highest BCUT2D eigenvalue weighted by atomic mass is 35.5. The van der Waals surface area contributed by atoms with Gasteiger partial charge in [0.05, 0.1) is 12.3 Å². The van der Waals surface area contributed by atoms with E-state index in [0.29, 0.717) is 30.4 Å². The minimum atomic E-state index is -3.35. The summed E-state index contributed by atoms with van der Waals surface area (Å²) in [6, 6.07) is 9.40. The van der Waals surface area contributed by atoms with Crippen molar-refractivity contribution in [3.8, 4) is 0 Å². The molecule has 1 fully saturated rings. The highest BCUT2D eigenvalue weighted by Crippen LogP contribution is 2.40. The van der Waals surface area contributed by atoms with Gasteiger partial charge in [-0.25, -0.2) is 26.7 Å². The summed E-state index contributed by atoms with van der Waals surface area (Å²) in [5, 5.41) is 0.262. The number of sulfonamides is 1. The molecular weight excluding hydrogens is 462 g/mol. The Balaban J connectivity index is 1.80. The van der Waals surface area contributed by atoms with Crippen molar-refractivity contribution in [2.75, 3.05) is 19.3 Å². The van der Waals surface area contributed by atoms with Gasteiger partial charge in [0.2, 0.25) is 10.0 Å². The SMILES string of the molecule is C[C@@H](c1ccc(Cl)cc1F)N1CCC(CCCNS(C)(=O)=O)(c2ccc(F)cc2)OC1=O. The maximum atomic E-state index is 14.4. The summed E-state index contributed by atoms with van der Waals surface area (Å²) < 4.78 is 58.8. The maximum absolute atomic E-state index is 14.4. The number of nitrogens with zero attached hydrogens (tertiary/aromatic N) is 1. The van der Waals surface area contributed by atoms with Crippen LogP contribution >= 0.6 is 11.6 Å². The number of nitrogens with one attached hydrogen (secondary N) is 1. The second-order valence-corrected chi connectivity index (χ2v) is 10.2. The van der Waals surface area contributed by atoms with E-state index in [2.05, 4.69) is 4.72 Å². The van der Waals surface area contributed by atoms with Crippen molar-refractivity contribution < 1.29 is 26.7 Å². The van der Waals surface area contributed by atoms with Crippen LogP contribution in [0.1, 0.15) is 43.4 Å². The average Bonchev–Trinajstić information content (AvgIpc) is 2.71. The van der Waals surface area contributed by atoms with Gasteiger partial charge in [-0.1, -0.05) is 29.8 Å². The van der Waals surface area contributed by atoms with Gasteiger partial charge < -0.3 is 9.64 Å². The lowest BCUT2D eigenvalue weighted by atomic mass is 9.84. The Kier molecular flexibility index (Phi) is 7.42. The average molecular weight is 487 g/mol. The molecule has 0 bridgehead atoms. The van der Waals surface area contributed by atoms with Crippen molar-refractivity contribution >= 4 is 27.7 Å². The molecule has 6 nitrogen and oxygen atoms in total. The Morgan fingerprint density at radius 3 is 2.50 bits per heavy atom. The number of carbonyl (C=O) groups excluding carboxylic acids is 1. The fourth-order valence-electron chi connectivity index (χ4n) is 3.94. The van der Waals surface area contributed by atoms with E-state index in [9.17, 15) is 22.0 Å². The number of rotatable bonds is 8. The minimum absolute atomic E-state index is 0.176. The van der Waals surface area contributed by atoms with Crippen LogP contribution in [-0.2, 0) is 20.4 Å². The number of hydrogen-bond donors (Lipinski definition) is 1. The quantitative estimate of drug-likeness (QED) is 0.546. The Morgan fingerprint density at radius 1 is 1.22 bits per heavy atom. The molecule has 2 aromatic carbocycles. The molecule has 2 aromatic rings. The minimum Gasteiger partial charge on any atom is -0.438 e. The lowest BCUT2D eigenvalue weighted by molar-refractivity contribution is -0.0664.